The van der Waals surface area contributed by atoms with Gasteiger partial charge in [-0.25, -0.2) is 9.37 Å². The molecular weight excluding hydrogens is 461 g/mol. The number of benzene rings is 1. The smallest absolute Gasteiger partial charge is 0.258 e. The summed E-state index contributed by atoms with van der Waals surface area (Å²) in [7, 11) is 0. The van der Waals surface area contributed by atoms with Crippen molar-refractivity contribution in [3.05, 3.63) is 59.5 Å². The van der Waals surface area contributed by atoms with Crippen LogP contribution in [0.4, 0.5) is 49.3 Å². The zero-order chi connectivity index (χ0) is 22.3. The van der Waals surface area contributed by atoms with Gasteiger partial charge in [0.2, 0.25) is 11.5 Å². The molecule has 16 heteroatoms. The van der Waals surface area contributed by atoms with E-state index >= 15 is 0 Å². The van der Waals surface area contributed by atoms with Crippen LogP contribution in [0.1, 0.15) is 11.1 Å². The molecule has 2 aromatic rings. The summed E-state index contributed by atoms with van der Waals surface area (Å²) in [4.78, 5) is 22.4. The summed E-state index contributed by atoms with van der Waals surface area (Å²) in [5, 5.41) is 19.1. The SMILES string of the molecule is O=[N+]([O-])c1c(F)c(CF)c(Cl)c([N+](=O)[O-])c1N(F)c1ncc(C(F)(F)F)cc1Cl. The molecule has 2 rings (SSSR count). The normalized spacial score (nSPS) is 11.4. The van der Waals surface area contributed by atoms with Crippen LogP contribution in [-0.4, -0.2) is 14.8 Å². The number of nitro groups is 2. The van der Waals surface area contributed by atoms with Gasteiger partial charge in [0.05, 0.1) is 26.0 Å². The lowest BCUT2D eigenvalue weighted by Crippen LogP contribution is -2.15. The van der Waals surface area contributed by atoms with E-state index in [4.69, 9.17) is 23.2 Å². The van der Waals surface area contributed by atoms with Crippen molar-refractivity contribution in [3.63, 3.8) is 0 Å². The highest BCUT2D eigenvalue weighted by molar-refractivity contribution is 6.35. The minimum Gasteiger partial charge on any atom is -0.258 e. The van der Waals surface area contributed by atoms with E-state index in [-0.39, 0.29) is 12.3 Å². The molecule has 156 valence electrons. The predicted molar refractivity (Wildman–Crippen MR) is 87.0 cm³/mol. The molecule has 1 heterocycles. The Hall–Kier alpha value is -2.87. The monoisotopic (exact) mass is 464 g/mol. The van der Waals surface area contributed by atoms with Crippen molar-refractivity contribution in [3.8, 4) is 0 Å². The molecule has 0 bridgehead atoms. The number of nitrogens with zero attached hydrogens (tertiary/aromatic N) is 4. The molecule has 0 amide bonds. The Morgan fingerprint density at radius 3 is 2.10 bits per heavy atom. The molecule has 0 spiro atoms. The Morgan fingerprint density at radius 2 is 1.69 bits per heavy atom. The molecule has 8 nitrogen and oxygen atoms in total. The van der Waals surface area contributed by atoms with Crippen molar-refractivity contribution in [1.29, 1.82) is 0 Å². The van der Waals surface area contributed by atoms with Crippen molar-refractivity contribution >= 4 is 46.1 Å². The Kier molecular flexibility index (Phi) is 6.08. The van der Waals surface area contributed by atoms with Gasteiger partial charge in [-0.05, 0) is 6.07 Å². The molecule has 0 aliphatic heterocycles. The van der Waals surface area contributed by atoms with E-state index in [1.54, 1.807) is 0 Å². The summed E-state index contributed by atoms with van der Waals surface area (Å²) < 4.78 is 80.2. The fourth-order valence-electron chi connectivity index (χ4n) is 2.17. The second-order valence-electron chi connectivity index (χ2n) is 5.11. The average molecular weight is 465 g/mol. The highest BCUT2D eigenvalue weighted by Gasteiger charge is 2.42. The van der Waals surface area contributed by atoms with Crippen LogP contribution in [0.5, 0.6) is 0 Å². The van der Waals surface area contributed by atoms with Crippen LogP contribution in [-0.2, 0) is 12.9 Å². The molecule has 0 aliphatic carbocycles. The van der Waals surface area contributed by atoms with E-state index in [1.165, 1.54) is 0 Å². The maximum atomic E-state index is 14.9. The molecule has 0 saturated heterocycles. The van der Waals surface area contributed by atoms with E-state index < -0.39 is 77.7 Å². The Morgan fingerprint density at radius 1 is 1.14 bits per heavy atom. The lowest BCUT2D eigenvalue weighted by atomic mass is 10.1. The van der Waals surface area contributed by atoms with Gasteiger partial charge in [-0.1, -0.05) is 27.7 Å². The number of nitro benzene ring substituents is 2. The number of halogens is 8. The third kappa shape index (κ3) is 3.98. The quantitative estimate of drug-likeness (QED) is 0.238. The first kappa shape index (κ1) is 22.4. The van der Waals surface area contributed by atoms with Crippen LogP contribution in [0.25, 0.3) is 0 Å². The summed E-state index contributed by atoms with van der Waals surface area (Å²) in [6, 6.07) is 0.183. The second-order valence-corrected chi connectivity index (χ2v) is 5.89. The Labute approximate surface area is 165 Å². The minimum absolute atomic E-state index is 0.0827. The lowest BCUT2D eigenvalue weighted by molar-refractivity contribution is -0.394. The zero-order valence-corrected chi connectivity index (χ0v) is 14.8. The first-order valence-corrected chi connectivity index (χ1v) is 7.65. The highest BCUT2D eigenvalue weighted by atomic mass is 35.5. The molecule has 0 fully saturated rings. The third-order valence-electron chi connectivity index (χ3n) is 3.42. The average Bonchev–Trinajstić information content (AvgIpc) is 2.59. The number of hydrogen-bond donors (Lipinski definition) is 0. The third-order valence-corrected chi connectivity index (χ3v) is 4.11. The predicted octanol–water partition coefficient (Wildman–Crippen LogP) is 5.85. The van der Waals surface area contributed by atoms with Gasteiger partial charge < -0.3 is 0 Å². The molecule has 1 aromatic carbocycles. The number of alkyl halides is 4. The maximum Gasteiger partial charge on any atom is 0.417 e. The van der Waals surface area contributed by atoms with Crippen molar-refractivity contribution in [1.82, 2.24) is 4.98 Å². The molecule has 29 heavy (non-hydrogen) atoms. The zero-order valence-electron chi connectivity index (χ0n) is 13.3. The van der Waals surface area contributed by atoms with Crippen molar-refractivity contribution in [2.45, 2.75) is 12.9 Å². The summed E-state index contributed by atoms with van der Waals surface area (Å²) >= 11 is 11.0. The largest absolute Gasteiger partial charge is 0.417 e. The van der Waals surface area contributed by atoms with Crippen LogP contribution in [0, 0.1) is 26.0 Å². The van der Waals surface area contributed by atoms with Gasteiger partial charge in [0, 0.05) is 6.20 Å². The minimum atomic E-state index is -4.94. The van der Waals surface area contributed by atoms with E-state index in [1.807, 2.05) is 0 Å². The standard InChI is InChI=1S/C13H4Cl2F6N4O4/c14-6-1-4(13(18,19)20)3-22-12(6)23(21)11-9(24(26)27)7(15)5(2-16)8(17)10(11)25(28)29/h1,3H,2H2. The summed E-state index contributed by atoms with van der Waals surface area (Å²) in [6.07, 6.45) is -4.86. The van der Waals surface area contributed by atoms with Gasteiger partial charge in [0.1, 0.15) is 11.7 Å². The van der Waals surface area contributed by atoms with Crippen molar-refractivity contribution < 1.29 is 36.3 Å². The highest BCUT2D eigenvalue weighted by Crippen LogP contribution is 2.50. The molecule has 0 saturated carbocycles. The van der Waals surface area contributed by atoms with Gasteiger partial charge in [0.15, 0.2) is 5.82 Å². The fourth-order valence-corrected chi connectivity index (χ4v) is 2.71. The number of hydrogen-bond acceptors (Lipinski definition) is 6. The van der Waals surface area contributed by atoms with Gasteiger partial charge in [-0.15, -0.1) is 5.12 Å². The van der Waals surface area contributed by atoms with Gasteiger partial charge >= 0.3 is 17.6 Å². The van der Waals surface area contributed by atoms with Crippen LogP contribution in [0.3, 0.4) is 0 Å². The maximum absolute atomic E-state index is 14.9. The van der Waals surface area contributed by atoms with Crippen molar-refractivity contribution in [2.75, 3.05) is 5.12 Å². The van der Waals surface area contributed by atoms with Crippen LogP contribution in [0.15, 0.2) is 12.3 Å². The Bertz CT molecular complexity index is 979. The van der Waals surface area contributed by atoms with Crippen molar-refractivity contribution in [2.24, 2.45) is 0 Å². The number of pyridine rings is 1. The first-order chi connectivity index (χ1) is 13.3. The van der Waals surface area contributed by atoms with E-state index in [0.717, 1.165) is 0 Å². The summed E-state index contributed by atoms with van der Waals surface area (Å²) in [6.45, 7) is -1.81. The van der Waals surface area contributed by atoms with Crippen LogP contribution < -0.4 is 5.12 Å². The topological polar surface area (TPSA) is 102 Å². The molecule has 0 radical (unpaired) electrons. The van der Waals surface area contributed by atoms with Crippen LogP contribution in [0.2, 0.25) is 10.0 Å². The Balaban J connectivity index is 2.86. The van der Waals surface area contributed by atoms with E-state index in [0.29, 0.717) is 0 Å². The van der Waals surface area contributed by atoms with Gasteiger partial charge in [0.25, 0.3) is 0 Å². The number of anilines is 2. The van der Waals surface area contributed by atoms with Crippen LogP contribution >= 0.6 is 23.2 Å². The second kappa shape index (κ2) is 7.87. The summed E-state index contributed by atoms with van der Waals surface area (Å²) in [5.74, 6) is -3.29. The van der Waals surface area contributed by atoms with Gasteiger partial charge in [-0.3, -0.25) is 20.2 Å². The molecular formula is C13H4Cl2F6N4O4. The number of aromatic nitrogens is 1. The number of rotatable bonds is 5. The van der Waals surface area contributed by atoms with Gasteiger partial charge in [-0.2, -0.15) is 17.6 Å². The lowest BCUT2D eigenvalue weighted by Gasteiger charge is -2.17. The van der Waals surface area contributed by atoms with E-state index in [9.17, 15) is 46.7 Å². The molecule has 0 N–H and O–H groups in total. The summed E-state index contributed by atoms with van der Waals surface area (Å²) in [5.41, 5.74) is -7.97. The van der Waals surface area contributed by atoms with E-state index in [2.05, 4.69) is 4.98 Å². The molecule has 0 aliphatic rings. The molecule has 1 aromatic heterocycles. The molecule has 0 atom stereocenters. The fraction of sp³-hybridized carbons (Fsp3) is 0.154. The molecule has 0 unspecified atom stereocenters. The first-order valence-electron chi connectivity index (χ1n) is 6.90.